The number of rotatable bonds is 12. The van der Waals surface area contributed by atoms with Gasteiger partial charge in [-0.1, -0.05) is 36.4 Å². The zero-order chi connectivity index (χ0) is 38.4. The number of aliphatic hydroxyl groups excluding tert-OH is 3. The Balaban J connectivity index is 1.17. The van der Waals surface area contributed by atoms with Crippen molar-refractivity contribution in [2.24, 2.45) is 4.99 Å². The molecule has 0 aromatic heterocycles. The van der Waals surface area contributed by atoms with E-state index in [1.54, 1.807) is 32.6 Å². The van der Waals surface area contributed by atoms with Crippen molar-refractivity contribution in [3.05, 3.63) is 100 Å². The first-order chi connectivity index (χ1) is 26.6. The number of aliphatic hydroxyl groups is 3. The Bertz CT molecular complexity index is 2070. The second kappa shape index (κ2) is 14.9. The molecular formula is C40H40N2O13. The van der Waals surface area contributed by atoms with Crippen molar-refractivity contribution in [2.45, 2.75) is 68.2 Å². The minimum atomic E-state index is -1.74. The van der Waals surface area contributed by atoms with Crippen LogP contribution in [0.4, 0.5) is 0 Å². The Hall–Kier alpha value is -5.61. The number of nitrogens with zero attached hydrogens (tertiary/aromatic N) is 2. The Kier molecular flexibility index (Phi) is 9.86. The number of aliphatic carboxylic acids is 1. The number of carboxylic acid groups (broad SMARTS) is 1. The van der Waals surface area contributed by atoms with Crippen molar-refractivity contribution in [1.29, 1.82) is 0 Å². The van der Waals surface area contributed by atoms with E-state index < -0.39 is 67.9 Å². The molecule has 4 N–H and O–H groups in total. The molecule has 0 unspecified atom stereocenters. The molecule has 15 nitrogen and oxygen atoms in total. The number of esters is 1. The van der Waals surface area contributed by atoms with Gasteiger partial charge in [0, 0.05) is 54.7 Å². The summed E-state index contributed by atoms with van der Waals surface area (Å²) in [5.74, 6) is -0.430. The Morgan fingerprint density at radius 3 is 2.53 bits per heavy atom. The maximum Gasteiger partial charge on any atom is 0.317 e. The van der Waals surface area contributed by atoms with Gasteiger partial charge in [0.05, 0.1) is 25.8 Å². The van der Waals surface area contributed by atoms with Crippen LogP contribution in [0.25, 0.3) is 0 Å². The van der Waals surface area contributed by atoms with Gasteiger partial charge in [0.2, 0.25) is 12.0 Å². The molecule has 0 spiro atoms. The number of carbonyl (C=O) groups is 2. The predicted octanol–water partition coefficient (Wildman–Crippen LogP) is 2.80. The number of allylic oxidation sites excluding steroid dienone is 1. The maximum atomic E-state index is 11.9. The van der Waals surface area contributed by atoms with E-state index in [2.05, 4.69) is 9.89 Å². The van der Waals surface area contributed by atoms with Crippen LogP contribution in [0.2, 0.25) is 0 Å². The van der Waals surface area contributed by atoms with Crippen molar-refractivity contribution >= 4 is 18.2 Å². The first kappa shape index (κ1) is 36.4. The van der Waals surface area contributed by atoms with Crippen LogP contribution in [0.1, 0.15) is 40.7 Å². The number of carbonyl (C=O) groups excluding carboxylic acids is 1. The Morgan fingerprint density at radius 2 is 1.78 bits per heavy atom. The van der Waals surface area contributed by atoms with Crippen LogP contribution in [-0.2, 0) is 32.0 Å². The van der Waals surface area contributed by atoms with Crippen molar-refractivity contribution in [3.63, 3.8) is 0 Å². The van der Waals surface area contributed by atoms with Gasteiger partial charge in [-0.2, -0.15) is 0 Å². The predicted molar refractivity (Wildman–Crippen MR) is 192 cm³/mol. The van der Waals surface area contributed by atoms with Crippen LogP contribution in [0.3, 0.4) is 0 Å². The van der Waals surface area contributed by atoms with Gasteiger partial charge in [0.15, 0.2) is 11.5 Å². The van der Waals surface area contributed by atoms with E-state index >= 15 is 0 Å². The lowest BCUT2D eigenvalue weighted by Gasteiger charge is -2.40. The van der Waals surface area contributed by atoms with Crippen molar-refractivity contribution in [1.82, 2.24) is 4.90 Å². The molecule has 3 aromatic rings. The summed E-state index contributed by atoms with van der Waals surface area (Å²) in [6, 6.07) is 17.3. The van der Waals surface area contributed by atoms with Gasteiger partial charge in [-0.15, -0.1) is 0 Å². The van der Waals surface area contributed by atoms with Crippen LogP contribution >= 0.6 is 0 Å². The van der Waals surface area contributed by atoms with Gasteiger partial charge < -0.3 is 58.5 Å². The highest BCUT2D eigenvalue weighted by molar-refractivity contribution is 5.90. The molecule has 0 radical (unpaired) electrons. The minimum absolute atomic E-state index is 0.221. The molecule has 55 heavy (non-hydrogen) atoms. The molecule has 8 atom stereocenters. The third-order valence-electron chi connectivity index (χ3n) is 10.4. The van der Waals surface area contributed by atoms with Gasteiger partial charge in [-0.05, 0) is 29.3 Å². The second-order valence-corrected chi connectivity index (χ2v) is 13.9. The number of fused-ring (bicyclic) bond motifs is 6. The molecular weight excluding hydrogens is 716 g/mol. The quantitative estimate of drug-likeness (QED) is 0.156. The number of aliphatic imine (C=N–C) groups is 1. The van der Waals surface area contributed by atoms with Gasteiger partial charge in [-0.3, -0.25) is 14.6 Å². The molecule has 288 valence electrons. The van der Waals surface area contributed by atoms with E-state index in [4.69, 9.17) is 38.3 Å². The summed E-state index contributed by atoms with van der Waals surface area (Å²) in [5, 5.41) is 41.3. The average Bonchev–Trinajstić information content (AvgIpc) is 3.88. The first-order valence-corrected chi connectivity index (χ1v) is 17.8. The lowest BCUT2D eigenvalue weighted by molar-refractivity contribution is -0.278. The van der Waals surface area contributed by atoms with E-state index in [0.29, 0.717) is 42.5 Å². The van der Waals surface area contributed by atoms with E-state index in [-0.39, 0.29) is 11.7 Å². The van der Waals surface area contributed by atoms with Crippen LogP contribution in [0.15, 0.2) is 83.1 Å². The third kappa shape index (κ3) is 6.95. The molecule has 5 aliphatic heterocycles. The molecule has 3 aromatic carbocycles. The smallest absolute Gasteiger partial charge is 0.317 e. The summed E-state index contributed by atoms with van der Waals surface area (Å²) in [7, 11) is 3.14. The number of hydrogen-bond acceptors (Lipinski definition) is 14. The minimum Gasteiger partial charge on any atom is -0.493 e. The van der Waals surface area contributed by atoms with Crippen molar-refractivity contribution in [3.8, 4) is 28.7 Å². The SMILES string of the molecule is COc1ccc2c(c1OC)O[C@H]1c3c(CN4C=C5N=CC=C5C4)cc(O[C@@H]4O[C@H](COC(=O)CC(=O)O)[C@@H](O)[C@H](O)[C@H]4O)cc3O[C@H](Cc3ccccc3)[C@@H]21. The number of ether oxygens (including phenoxy) is 7. The number of methoxy groups -OCH3 is 2. The standard InChI is InChI=1S/C40H40N2O13/c1-49-26-9-8-24-33-27(12-20-6-4-3-5-7-20)53-28-14-23(52-40-36(48)35(47)34(46)29(54-40)19-51-31(45)15-30(43)44)13-22(17-42-16-21-10-11-41-25(21)18-42)32(28)39(33)55-37(24)38(26)50-2/h3-11,13-14,18,27,29,33-36,39-40,46-48H,12,15-17,19H2,1-2H3,(H,43,44)/t27-,29-,33-,34-,35+,36-,39+,40-/m1/s1. The van der Waals surface area contributed by atoms with Gasteiger partial charge in [-0.25, -0.2) is 0 Å². The molecule has 0 saturated carbocycles. The largest absolute Gasteiger partial charge is 0.493 e. The first-order valence-electron chi connectivity index (χ1n) is 17.8. The maximum absolute atomic E-state index is 11.9. The zero-order valence-electron chi connectivity index (χ0n) is 29.9. The van der Waals surface area contributed by atoms with Crippen LogP contribution in [0.5, 0.6) is 28.7 Å². The van der Waals surface area contributed by atoms with Crippen molar-refractivity contribution < 1.29 is 63.2 Å². The summed E-state index contributed by atoms with van der Waals surface area (Å²) >= 11 is 0. The zero-order valence-corrected chi connectivity index (χ0v) is 29.9. The van der Waals surface area contributed by atoms with Gasteiger partial charge in [0.25, 0.3) is 0 Å². The van der Waals surface area contributed by atoms with E-state index in [1.165, 1.54) is 0 Å². The molecule has 5 aliphatic rings. The molecule has 15 heteroatoms. The topological polar surface area (TPSA) is 195 Å². The Morgan fingerprint density at radius 1 is 0.964 bits per heavy atom. The highest BCUT2D eigenvalue weighted by Gasteiger charge is 2.50. The summed E-state index contributed by atoms with van der Waals surface area (Å²) in [6.45, 7) is 0.418. The fourth-order valence-electron chi connectivity index (χ4n) is 7.84. The van der Waals surface area contributed by atoms with Crippen LogP contribution in [0, 0.1) is 0 Å². The fraction of sp³-hybridized carbons (Fsp3) is 0.375. The number of hydrogen-bond donors (Lipinski definition) is 4. The Labute approximate surface area is 315 Å². The van der Waals surface area contributed by atoms with E-state index in [9.17, 15) is 24.9 Å². The van der Waals surface area contributed by atoms with E-state index in [0.717, 1.165) is 33.5 Å². The molecule has 1 fully saturated rings. The average molecular weight is 757 g/mol. The molecule has 8 rings (SSSR count). The molecule has 0 aliphatic carbocycles. The highest BCUT2D eigenvalue weighted by Crippen LogP contribution is 2.59. The number of carboxylic acids is 1. The fourth-order valence-corrected chi connectivity index (χ4v) is 7.84. The van der Waals surface area contributed by atoms with E-state index in [1.807, 2.05) is 54.7 Å². The lowest BCUT2D eigenvalue weighted by atomic mass is 9.80. The lowest BCUT2D eigenvalue weighted by Crippen LogP contribution is -2.60. The summed E-state index contributed by atoms with van der Waals surface area (Å²) < 4.78 is 42.3. The molecule has 0 amide bonds. The van der Waals surface area contributed by atoms with Gasteiger partial charge >= 0.3 is 11.9 Å². The summed E-state index contributed by atoms with van der Waals surface area (Å²) in [5.41, 5.74) is 5.50. The monoisotopic (exact) mass is 756 g/mol. The third-order valence-corrected chi connectivity index (χ3v) is 10.4. The number of benzene rings is 3. The molecule has 1 saturated heterocycles. The van der Waals surface area contributed by atoms with Crippen LogP contribution < -0.4 is 23.7 Å². The molecule has 0 bridgehead atoms. The second-order valence-electron chi connectivity index (χ2n) is 13.9. The highest BCUT2D eigenvalue weighted by atomic mass is 16.7. The van der Waals surface area contributed by atoms with Crippen LogP contribution in [-0.4, -0.2) is 108 Å². The summed E-state index contributed by atoms with van der Waals surface area (Å²) in [4.78, 5) is 29.4. The van der Waals surface area contributed by atoms with Gasteiger partial charge in [0.1, 0.15) is 61.2 Å². The van der Waals surface area contributed by atoms with Crippen molar-refractivity contribution in [2.75, 3.05) is 27.4 Å². The summed E-state index contributed by atoms with van der Waals surface area (Å²) in [6.07, 6.45) is -3.53. The molecule has 5 heterocycles. The normalized spacial score (nSPS) is 27.0.